The second kappa shape index (κ2) is 12.0. The highest BCUT2D eigenvalue weighted by atomic mass is 16.5. The lowest BCUT2D eigenvalue weighted by molar-refractivity contribution is -0.873. The molecule has 0 saturated heterocycles. The van der Waals surface area contributed by atoms with E-state index in [4.69, 9.17) is 14.9 Å². The number of carboxylic acids is 2. The molecule has 1 atom stereocenters. The molecule has 0 bridgehead atoms. The maximum atomic E-state index is 11.8. The molecule has 0 aromatic carbocycles. The average Bonchev–Trinajstić information content (AvgIpc) is 2.42. The van der Waals surface area contributed by atoms with Crippen LogP contribution >= 0.6 is 0 Å². The topological polar surface area (TPSA) is 101 Å². The van der Waals surface area contributed by atoms with Crippen molar-refractivity contribution in [2.24, 2.45) is 0 Å². The van der Waals surface area contributed by atoms with Crippen LogP contribution in [0, 0.1) is 0 Å². The van der Waals surface area contributed by atoms with Gasteiger partial charge in [-0.15, -0.1) is 0 Å². The Hall–Kier alpha value is -2.41. The van der Waals surface area contributed by atoms with Crippen molar-refractivity contribution in [3.05, 3.63) is 36.5 Å². The van der Waals surface area contributed by atoms with Crippen molar-refractivity contribution in [3.8, 4) is 0 Å². The van der Waals surface area contributed by atoms with Gasteiger partial charge in [-0.2, -0.15) is 0 Å². The Bertz CT molecular complexity index is 528. The molecule has 0 saturated carbocycles. The molecule has 25 heavy (non-hydrogen) atoms. The van der Waals surface area contributed by atoms with Gasteiger partial charge in [-0.3, -0.25) is 14.4 Å². The SMILES string of the molecule is C[N+](C)(C)CC(CC(=O)O)OC(=O)CC/C=C/C=C/C=C/CC(=O)O. The lowest BCUT2D eigenvalue weighted by Gasteiger charge is -2.28. The molecule has 0 amide bonds. The molecule has 0 spiro atoms. The highest BCUT2D eigenvalue weighted by Gasteiger charge is 2.24. The van der Waals surface area contributed by atoms with E-state index in [2.05, 4.69) is 0 Å². The van der Waals surface area contributed by atoms with Gasteiger partial charge in [0, 0.05) is 6.42 Å². The molecule has 0 radical (unpaired) electrons. The van der Waals surface area contributed by atoms with E-state index in [0.29, 0.717) is 17.4 Å². The zero-order chi connectivity index (χ0) is 19.3. The normalized spacial score (nSPS) is 13.6. The first-order valence-corrected chi connectivity index (χ1v) is 8.02. The molecular formula is C18H28NO6+. The van der Waals surface area contributed by atoms with Gasteiger partial charge in [0.25, 0.3) is 0 Å². The zero-order valence-electron chi connectivity index (χ0n) is 15.1. The lowest BCUT2D eigenvalue weighted by atomic mass is 10.2. The first-order valence-electron chi connectivity index (χ1n) is 8.02. The molecular weight excluding hydrogens is 326 g/mol. The van der Waals surface area contributed by atoms with Gasteiger partial charge in [0.2, 0.25) is 0 Å². The fourth-order valence-corrected chi connectivity index (χ4v) is 1.95. The number of quaternary nitrogens is 1. The highest BCUT2D eigenvalue weighted by molar-refractivity contribution is 5.71. The number of aliphatic carboxylic acids is 2. The van der Waals surface area contributed by atoms with Crippen LogP contribution in [0.3, 0.4) is 0 Å². The number of esters is 1. The van der Waals surface area contributed by atoms with E-state index in [1.807, 2.05) is 21.1 Å². The van der Waals surface area contributed by atoms with Gasteiger partial charge < -0.3 is 19.4 Å². The number of rotatable bonds is 12. The number of hydrogen-bond donors (Lipinski definition) is 2. The third-order valence-electron chi connectivity index (χ3n) is 2.86. The van der Waals surface area contributed by atoms with Crippen LogP contribution in [0.1, 0.15) is 25.7 Å². The Morgan fingerprint density at radius 2 is 1.56 bits per heavy atom. The highest BCUT2D eigenvalue weighted by Crippen LogP contribution is 2.07. The van der Waals surface area contributed by atoms with Gasteiger partial charge in [0.05, 0.1) is 34.0 Å². The molecule has 0 fully saturated rings. The van der Waals surface area contributed by atoms with Gasteiger partial charge >= 0.3 is 17.9 Å². The van der Waals surface area contributed by atoms with Crippen molar-refractivity contribution < 1.29 is 33.8 Å². The molecule has 0 heterocycles. The molecule has 0 aliphatic rings. The number of allylic oxidation sites excluding steroid dienone is 5. The number of carbonyl (C=O) groups excluding carboxylic acids is 1. The molecule has 140 valence electrons. The van der Waals surface area contributed by atoms with Crippen LogP contribution < -0.4 is 0 Å². The number of nitrogens with zero attached hydrogens (tertiary/aromatic N) is 1. The van der Waals surface area contributed by atoms with Crippen LogP contribution in [0.15, 0.2) is 36.5 Å². The van der Waals surface area contributed by atoms with Crippen LogP contribution in [0.4, 0.5) is 0 Å². The first kappa shape index (κ1) is 22.6. The second-order valence-corrected chi connectivity index (χ2v) is 6.56. The summed E-state index contributed by atoms with van der Waals surface area (Å²) in [6.07, 6.45) is 9.90. The fourth-order valence-electron chi connectivity index (χ4n) is 1.95. The molecule has 0 aliphatic heterocycles. The van der Waals surface area contributed by atoms with Crippen LogP contribution in [-0.4, -0.2) is 66.4 Å². The zero-order valence-corrected chi connectivity index (χ0v) is 15.1. The van der Waals surface area contributed by atoms with Gasteiger partial charge in [-0.1, -0.05) is 36.5 Å². The van der Waals surface area contributed by atoms with Crippen LogP contribution in [0.2, 0.25) is 0 Å². The van der Waals surface area contributed by atoms with Gasteiger partial charge in [-0.05, 0) is 6.42 Å². The quantitative estimate of drug-likeness (QED) is 0.316. The molecule has 0 aromatic heterocycles. The van der Waals surface area contributed by atoms with Crippen molar-refractivity contribution in [3.63, 3.8) is 0 Å². The fraction of sp³-hybridized carbons (Fsp3) is 0.500. The van der Waals surface area contributed by atoms with Crippen molar-refractivity contribution in [1.82, 2.24) is 0 Å². The third kappa shape index (κ3) is 16.2. The van der Waals surface area contributed by atoms with E-state index in [1.165, 1.54) is 6.08 Å². The summed E-state index contributed by atoms with van der Waals surface area (Å²) in [5.74, 6) is -2.30. The van der Waals surface area contributed by atoms with Gasteiger partial charge in [0.15, 0.2) is 6.10 Å². The van der Waals surface area contributed by atoms with Crippen molar-refractivity contribution in [2.75, 3.05) is 27.7 Å². The molecule has 2 N–H and O–H groups in total. The van der Waals surface area contributed by atoms with Crippen molar-refractivity contribution in [1.29, 1.82) is 0 Å². The maximum absolute atomic E-state index is 11.8. The molecule has 7 nitrogen and oxygen atoms in total. The minimum atomic E-state index is -0.993. The summed E-state index contributed by atoms with van der Waals surface area (Å²) in [5.41, 5.74) is 0. The number of likely N-dealkylation sites (N-methyl/N-ethyl adjacent to an activating group) is 1. The summed E-state index contributed by atoms with van der Waals surface area (Å²) in [6.45, 7) is 0.430. The lowest BCUT2D eigenvalue weighted by Crippen LogP contribution is -2.43. The van der Waals surface area contributed by atoms with Crippen LogP contribution in [-0.2, 0) is 19.1 Å². The van der Waals surface area contributed by atoms with Gasteiger partial charge in [-0.25, -0.2) is 0 Å². The summed E-state index contributed by atoms with van der Waals surface area (Å²) in [7, 11) is 5.72. The minimum Gasteiger partial charge on any atom is -0.481 e. The summed E-state index contributed by atoms with van der Waals surface area (Å²) in [6, 6.07) is 0. The second-order valence-electron chi connectivity index (χ2n) is 6.56. The third-order valence-corrected chi connectivity index (χ3v) is 2.86. The average molecular weight is 354 g/mol. The smallest absolute Gasteiger partial charge is 0.307 e. The molecule has 1 unspecified atom stereocenters. The van der Waals surface area contributed by atoms with E-state index < -0.39 is 24.0 Å². The Labute approximate surface area is 148 Å². The molecule has 0 aliphatic carbocycles. The van der Waals surface area contributed by atoms with E-state index in [9.17, 15) is 14.4 Å². The Balaban J connectivity index is 4.19. The van der Waals surface area contributed by atoms with E-state index in [1.54, 1.807) is 30.4 Å². The van der Waals surface area contributed by atoms with Crippen molar-refractivity contribution in [2.45, 2.75) is 31.8 Å². The molecule has 0 aromatic rings. The van der Waals surface area contributed by atoms with E-state index in [0.717, 1.165) is 0 Å². The first-order chi connectivity index (χ1) is 11.6. The summed E-state index contributed by atoms with van der Waals surface area (Å²) in [5, 5.41) is 17.3. The Kier molecular flexibility index (Phi) is 10.9. The Morgan fingerprint density at radius 3 is 2.08 bits per heavy atom. The molecule has 7 heteroatoms. The van der Waals surface area contributed by atoms with E-state index >= 15 is 0 Å². The standard InChI is InChI=1S/C18H27NO6/c1-19(2,3)14-15(13-17(22)23)25-18(24)12-10-8-6-4-5-7-9-11-16(20)21/h4-9,15H,10-14H2,1-3H3,(H-,20,21,22,23)/p+1/b5-4+,8-6+,9-7+. The summed E-state index contributed by atoms with van der Waals surface area (Å²) < 4.78 is 5.77. The predicted molar refractivity (Wildman–Crippen MR) is 93.9 cm³/mol. The number of ether oxygens (including phenoxy) is 1. The Morgan fingerprint density at radius 1 is 0.960 bits per heavy atom. The maximum Gasteiger partial charge on any atom is 0.307 e. The number of carboxylic acid groups (broad SMARTS) is 2. The summed E-state index contributed by atoms with van der Waals surface area (Å²) in [4.78, 5) is 33.0. The molecule has 0 rings (SSSR count). The van der Waals surface area contributed by atoms with Gasteiger partial charge in [0.1, 0.15) is 6.54 Å². The van der Waals surface area contributed by atoms with Crippen LogP contribution in [0.5, 0.6) is 0 Å². The van der Waals surface area contributed by atoms with E-state index in [-0.39, 0.29) is 19.3 Å². The van der Waals surface area contributed by atoms with Crippen molar-refractivity contribution >= 4 is 17.9 Å². The summed E-state index contributed by atoms with van der Waals surface area (Å²) >= 11 is 0. The monoisotopic (exact) mass is 354 g/mol. The van der Waals surface area contributed by atoms with Crippen LogP contribution in [0.25, 0.3) is 0 Å². The largest absolute Gasteiger partial charge is 0.481 e. The minimum absolute atomic E-state index is 0.0231. The number of carbonyl (C=O) groups is 3. The number of hydrogen-bond acceptors (Lipinski definition) is 4. The predicted octanol–water partition coefficient (Wildman–Crippen LogP) is 2.00.